The molecule has 0 saturated carbocycles. The Bertz CT molecular complexity index is 6600. The van der Waals surface area contributed by atoms with Crippen LogP contribution in [0.2, 0.25) is 0 Å². The van der Waals surface area contributed by atoms with Gasteiger partial charge < -0.3 is 18.9 Å². The van der Waals surface area contributed by atoms with Gasteiger partial charge in [-0.15, -0.1) is 0 Å². The molecular formula is C104H72N4. The van der Waals surface area contributed by atoms with Gasteiger partial charge in [0, 0.05) is 66.9 Å². The van der Waals surface area contributed by atoms with Gasteiger partial charge in [0.2, 0.25) is 0 Å². The number of hydrogen-bond acceptors (Lipinski definition) is 2. The minimum atomic E-state index is 1.10. The number of para-hydroxylation sites is 5. The summed E-state index contributed by atoms with van der Waals surface area (Å²) >= 11 is 0. The van der Waals surface area contributed by atoms with E-state index in [1.54, 1.807) is 0 Å². The first kappa shape index (κ1) is 64.5. The number of aromatic nitrogens is 2. The first-order chi connectivity index (χ1) is 53.6. The van der Waals surface area contributed by atoms with Crippen LogP contribution in [0.1, 0.15) is 0 Å². The monoisotopic (exact) mass is 1380 g/mol. The maximum atomic E-state index is 2.42. The zero-order valence-corrected chi connectivity index (χ0v) is 59.4. The molecular weight excluding hydrogens is 1310 g/mol. The summed E-state index contributed by atoms with van der Waals surface area (Å²) in [6, 6.07) is 158. The van der Waals surface area contributed by atoms with Gasteiger partial charge in [-0.3, -0.25) is 0 Å². The molecule has 0 unspecified atom stereocenters. The van der Waals surface area contributed by atoms with E-state index < -0.39 is 0 Å². The summed E-state index contributed by atoms with van der Waals surface area (Å²) in [5, 5.41) is 9.93. The Labute approximate surface area is 629 Å². The molecule has 108 heavy (non-hydrogen) atoms. The first-order valence-corrected chi connectivity index (χ1v) is 37.0. The van der Waals surface area contributed by atoms with Gasteiger partial charge in [0.15, 0.2) is 0 Å². The summed E-state index contributed by atoms with van der Waals surface area (Å²) < 4.78 is 4.78. The summed E-state index contributed by atoms with van der Waals surface area (Å²) in [4.78, 5) is 4.81. The van der Waals surface area contributed by atoms with E-state index in [-0.39, 0.29) is 0 Å². The van der Waals surface area contributed by atoms with E-state index in [0.29, 0.717) is 0 Å². The van der Waals surface area contributed by atoms with E-state index in [1.165, 1.54) is 132 Å². The minimum Gasteiger partial charge on any atom is -0.310 e. The van der Waals surface area contributed by atoms with Crippen molar-refractivity contribution in [3.05, 3.63) is 437 Å². The van der Waals surface area contributed by atoms with Gasteiger partial charge in [0.05, 0.1) is 27.8 Å². The lowest BCUT2D eigenvalue weighted by atomic mass is 9.93. The molecule has 4 nitrogen and oxygen atoms in total. The van der Waals surface area contributed by atoms with Crippen molar-refractivity contribution in [3.63, 3.8) is 0 Å². The van der Waals surface area contributed by atoms with Crippen LogP contribution in [-0.2, 0) is 0 Å². The molecule has 0 saturated heterocycles. The number of hydrogen-bond donors (Lipinski definition) is 0. The highest BCUT2D eigenvalue weighted by molar-refractivity contribution is 6.23. The summed E-state index contributed by atoms with van der Waals surface area (Å²) in [6.07, 6.45) is 0. The van der Waals surface area contributed by atoms with Crippen LogP contribution in [0.15, 0.2) is 437 Å². The van der Waals surface area contributed by atoms with Gasteiger partial charge in [0.25, 0.3) is 0 Å². The minimum absolute atomic E-state index is 1.10. The molecule has 2 aromatic heterocycles. The van der Waals surface area contributed by atoms with Gasteiger partial charge >= 0.3 is 0 Å². The Morgan fingerprint density at radius 1 is 0.167 bits per heavy atom. The van der Waals surface area contributed by atoms with Crippen molar-refractivity contribution in [3.8, 4) is 78.1 Å². The maximum absolute atomic E-state index is 2.42. The zero-order valence-electron chi connectivity index (χ0n) is 59.4. The number of benzene rings is 18. The second kappa shape index (κ2) is 28.4. The molecule has 0 amide bonds. The fourth-order valence-electron chi connectivity index (χ4n) is 16.1. The van der Waals surface area contributed by atoms with E-state index in [2.05, 4.69) is 456 Å². The molecule has 18 aromatic carbocycles. The fraction of sp³-hybridized carbons (Fsp3) is 0. The number of fused-ring (bicyclic) bond motifs is 10. The van der Waals surface area contributed by atoms with Crippen LogP contribution < -0.4 is 9.80 Å². The van der Waals surface area contributed by atoms with Crippen LogP contribution in [0.4, 0.5) is 34.1 Å². The molecule has 0 aliphatic rings. The van der Waals surface area contributed by atoms with Gasteiger partial charge in [0.1, 0.15) is 0 Å². The van der Waals surface area contributed by atoms with E-state index in [4.69, 9.17) is 0 Å². The quantitative estimate of drug-likeness (QED) is 0.108. The highest BCUT2D eigenvalue weighted by Gasteiger charge is 2.23. The molecule has 0 aliphatic carbocycles. The standard InChI is InChI=1S/2C52H36N2/c1-5-15-37(16-6-1)38-25-28-43(29-26-38)53(45-30-32-46(39-17-7-2-8-18-39)49(36-45)40-19-9-3-10-20-40)44-31-33-47-41(35-44)27-34-51-52(47)48-23-13-14-24-50(48)54(51)42-21-11-4-12-22-42;1-4-14-37(15-5-1)38-24-26-39(27-25-38)40-28-32-44(33-29-40)53(49-22-12-10-20-46(49)41-16-6-2-7-17-41)45-34-30-42-31-35-51-52(48(42)36-45)47-21-11-13-23-50(47)54(51)43-18-8-3-9-19-43/h2*1-36H. The van der Waals surface area contributed by atoms with Crippen LogP contribution in [0.25, 0.3) is 143 Å². The van der Waals surface area contributed by atoms with E-state index >= 15 is 0 Å². The Morgan fingerprint density at radius 3 is 1.03 bits per heavy atom. The van der Waals surface area contributed by atoms with E-state index in [1.807, 2.05) is 0 Å². The maximum Gasteiger partial charge on any atom is 0.0547 e. The molecule has 20 rings (SSSR count). The highest BCUT2D eigenvalue weighted by Crippen LogP contribution is 2.47. The summed E-state index contributed by atoms with van der Waals surface area (Å²) in [7, 11) is 0. The Balaban J connectivity index is 0.000000147. The lowest BCUT2D eigenvalue weighted by Crippen LogP contribution is -2.11. The lowest BCUT2D eigenvalue weighted by Gasteiger charge is -2.28. The molecule has 0 aliphatic heterocycles. The van der Waals surface area contributed by atoms with Crippen LogP contribution in [0.5, 0.6) is 0 Å². The van der Waals surface area contributed by atoms with Gasteiger partial charge in [-0.25, -0.2) is 0 Å². The number of rotatable bonds is 14. The second-order valence-corrected chi connectivity index (χ2v) is 27.5. The highest BCUT2D eigenvalue weighted by atomic mass is 15.1. The molecule has 0 radical (unpaired) electrons. The number of nitrogens with zero attached hydrogens (tertiary/aromatic N) is 4. The smallest absolute Gasteiger partial charge is 0.0547 e. The first-order valence-electron chi connectivity index (χ1n) is 37.0. The zero-order chi connectivity index (χ0) is 71.7. The molecule has 0 N–H and O–H groups in total. The van der Waals surface area contributed by atoms with E-state index in [0.717, 1.165) is 45.5 Å². The van der Waals surface area contributed by atoms with Crippen molar-refractivity contribution in [2.24, 2.45) is 0 Å². The lowest BCUT2D eigenvalue weighted by molar-refractivity contribution is 1.18. The van der Waals surface area contributed by atoms with Crippen LogP contribution in [-0.4, -0.2) is 9.13 Å². The van der Waals surface area contributed by atoms with Gasteiger partial charge in [-0.05, 0) is 198 Å². The average Bonchev–Trinajstić information content (AvgIpc) is 1.55. The molecule has 508 valence electrons. The van der Waals surface area contributed by atoms with Crippen molar-refractivity contribution in [1.82, 2.24) is 9.13 Å². The third-order valence-electron chi connectivity index (χ3n) is 21.2. The normalized spacial score (nSPS) is 11.3. The van der Waals surface area contributed by atoms with Crippen LogP contribution >= 0.6 is 0 Å². The molecule has 4 heteroatoms. The van der Waals surface area contributed by atoms with Crippen molar-refractivity contribution < 1.29 is 0 Å². The molecule has 0 atom stereocenters. The van der Waals surface area contributed by atoms with Gasteiger partial charge in [-0.2, -0.15) is 0 Å². The van der Waals surface area contributed by atoms with Crippen molar-refractivity contribution in [2.75, 3.05) is 9.80 Å². The fourth-order valence-corrected chi connectivity index (χ4v) is 16.1. The summed E-state index contributed by atoms with van der Waals surface area (Å²) in [6.45, 7) is 0. The Kier molecular flexibility index (Phi) is 17.0. The van der Waals surface area contributed by atoms with E-state index in [9.17, 15) is 0 Å². The Morgan fingerprint density at radius 2 is 0.509 bits per heavy atom. The van der Waals surface area contributed by atoms with Gasteiger partial charge in [-0.1, -0.05) is 322 Å². The molecule has 20 aromatic rings. The van der Waals surface area contributed by atoms with Crippen molar-refractivity contribution >= 4 is 99.3 Å². The molecule has 0 bridgehead atoms. The predicted molar refractivity (Wildman–Crippen MR) is 459 cm³/mol. The summed E-state index contributed by atoms with van der Waals surface area (Å²) in [5.41, 5.74) is 28.2. The third kappa shape index (κ3) is 12.1. The number of anilines is 6. The Hall–Kier alpha value is -14.3. The third-order valence-corrected chi connectivity index (χ3v) is 21.2. The largest absolute Gasteiger partial charge is 0.310 e. The summed E-state index contributed by atoms with van der Waals surface area (Å²) in [5.74, 6) is 0. The van der Waals surface area contributed by atoms with Crippen molar-refractivity contribution in [2.45, 2.75) is 0 Å². The average molecular weight is 1380 g/mol. The molecule has 0 spiro atoms. The molecule has 0 fully saturated rings. The topological polar surface area (TPSA) is 16.3 Å². The van der Waals surface area contributed by atoms with Crippen LogP contribution in [0, 0.1) is 0 Å². The second-order valence-electron chi connectivity index (χ2n) is 27.5. The van der Waals surface area contributed by atoms with Crippen molar-refractivity contribution in [1.29, 1.82) is 0 Å². The SMILES string of the molecule is c1ccc(-c2ccc(-c3ccc(N(c4ccc5ccc6c(c5c4)c4ccccc4n6-c4ccccc4)c4ccccc4-c4ccccc4)cc3)cc2)cc1.c1ccc(-c2ccc(N(c3ccc(-c4ccccc4)c(-c4ccccc4)c3)c3ccc4c(ccc5c4c4ccccc4n5-c4ccccc4)c3)cc2)cc1. The van der Waals surface area contributed by atoms with Crippen LogP contribution in [0.3, 0.4) is 0 Å². The predicted octanol–water partition coefficient (Wildman–Crippen LogP) is 28.8. The molecule has 2 heterocycles.